The Morgan fingerprint density at radius 1 is 1.42 bits per heavy atom. The van der Waals surface area contributed by atoms with Crippen molar-refractivity contribution in [1.82, 2.24) is 14.9 Å². The summed E-state index contributed by atoms with van der Waals surface area (Å²) < 4.78 is 10.2. The number of nitrogens with one attached hydrogen (secondary N) is 1. The molecule has 1 fully saturated rings. The smallest absolute Gasteiger partial charge is 0.411 e. The lowest BCUT2D eigenvalue weighted by atomic mass is 10.1. The van der Waals surface area contributed by atoms with E-state index >= 15 is 0 Å². The summed E-state index contributed by atoms with van der Waals surface area (Å²) in [6, 6.07) is 0.766. The minimum absolute atomic E-state index is 0.117. The van der Waals surface area contributed by atoms with Crippen molar-refractivity contribution >= 4 is 29.5 Å². The molecule has 0 spiro atoms. The third-order valence-corrected chi connectivity index (χ3v) is 3.56. The maximum atomic E-state index is 12.4. The first-order valence-electron chi connectivity index (χ1n) is 7.52. The summed E-state index contributed by atoms with van der Waals surface area (Å²) >= 11 is 5.76. The number of amides is 1. The highest BCUT2D eigenvalue weighted by atomic mass is 35.5. The van der Waals surface area contributed by atoms with Gasteiger partial charge >= 0.3 is 12.1 Å². The molecular formula is C15H21ClN4O4. The summed E-state index contributed by atoms with van der Waals surface area (Å²) in [5.74, 6) is 0.0422. The van der Waals surface area contributed by atoms with Crippen molar-refractivity contribution in [1.29, 1.82) is 0 Å². The first kappa shape index (κ1) is 18.3. The van der Waals surface area contributed by atoms with E-state index in [2.05, 4.69) is 15.3 Å². The Labute approximate surface area is 145 Å². The van der Waals surface area contributed by atoms with Gasteiger partial charge < -0.3 is 14.8 Å². The van der Waals surface area contributed by atoms with E-state index in [0.717, 1.165) is 0 Å². The molecule has 9 heteroatoms. The Morgan fingerprint density at radius 2 is 2.12 bits per heavy atom. The SMILES string of the molecule is COC(=O)C1CC(Nc2ccnc(Cl)n2)CN1C(=O)OC(C)(C)C. The van der Waals surface area contributed by atoms with E-state index in [1.54, 1.807) is 26.8 Å². The number of carbonyl (C=O) groups is 2. The Bertz CT molecular complexity index is 620. The quantitative estimate of drug-likeness (QED) is 0.654. The van der Waals surface area contributed by atoms with Crippen LogP contribution in [0.5, 0.6) is 0 Å². The second kappa shape index (κ2) is 7.21. The highest BCUT2D eigenvalue weighted by molar-refractivity contribution is 6.28. The molecule has 2 atom stereocenters. The number of aromatic nitrogens is 2. The standard InChI is InChI=1S/C15H21ClN4O4/c1-15(2,3)24-14(22)20-8-9(7-10(20)12(21)23-4)18-11-5-6-17-13(16)19-11/h5-6,9-10H,7-8H2,1-4H3,(H,17,18,19). The van der Waals surface area contributed by atoms with Gasteiger partial charge in [0.15, 0.2) is 0 Å². The summed E-state index contributed by atoms with van der Waals surface area (Å²) in [6.45, 7) is 5.60. The van der Waals surface area contributed by atoms with Gasteiger partial charge in [0.25, 0.3) is 0 Å². The van der Waals surface area contributed by atoms with Crippen LogP contribution in [0, 0.1) is 0 Å². The number of carbonyl (C=O) groups excluding carboxylic acids is 2. The van der Waals surface area contributed by atoms with E-state index in [1.807, 2.05) is 0 Å². The summed E-state index contributed by atoms with van der Waals surface area (Å²) in [4.78, 5) is 33.6. The number of nitrogens with zero attached hydrogens (tertiary/aromatic N) is 3. The monoisotopic (exact) mass is 356 g/mol. The molecule has 1 N–H and O–H groups in total. The molecule has 0 saturated carbocycles. The van der Waals surface area contributed by atoms with Crippen molar-refractivity contribution in [3.8, 4) is 0 Å². The van der Waals surface area contributed by atoms with Crippen molar-refractivity contribution in [2.75, 3.05) is 19.0 Å². The van der Waals surface area contributed by atoms with Crippen molar-refractivity contribution in [3.63, 3.8) is 0 Å². The van der Waals surface area contributed by atoms with Gasteiger partial charge in [-0.1, -0.05) is 0 Å². The zero-order valence-corrected chi connectivity index (χ0v) is 14.8. The molecule has 0 radical (unpaired) electrons. The Morgan fingerprint density at radius 3 is 2.71 bits per heavy atom. The average Bonchev–Trinajstić information content (AvgIpc) is 2.88. The minimum Gasteiger partial charge on any atom is -0.467 e. The summed E-state index contributed by atoms with van der Waals surface area (Å²) in [7, 11) is 1.29. The molecule has 1 aliphatic rings. The minimum atomic E-state index is -0.709. The molecule has 1 aromatic rings. The van der Waals surface area contributed by atoms with Gasteiger partial charge in [-0.3, -0.25) is 4.90 Å². The van der Waals surface area contributed by atoms with Crippen molar-refractivity contribution in [3.05, 3.63) is 17.5 Å². The van der Waals surface area contributed by atoms with Crippen LogP contribution in [-0.4, -0.2) is 58.3 Å². The second-order valence-electron chi connectivity index (χ2n) is 6.46. The first-order valence-corrected chi connectivity index (χ1v) is 7.90. The van der Waals surface area contributed by atoms with E-state index in [0.29, 0.717) is 12.2 Å². The molecule has 132 valence electrons. The van der Waals surface area contributed by atoms with Gasteiger partial charge in [-0.25, -0.2) is 19.6 Å². The summed E-state index contributed by atoms with van der Waals surface area (Å²) in [5.41, 5.74) is -0.649. The molecule has 0 aromatic carbocycles. The molecule has 1 saturated heterocycles. The number of hydrogen-bond acceptors (Lipinski definition) is 7. The molecule has 2 rings (SSSR count). The third kappa shape index (κ3) is 4.70. The highest BCUT2D eigenvalue weighted by Crippen LogP contribution is 2.24. The van der Waals surface area contributed by atoms with Crippen LogP contribution in [-0.2, 0) is 14.3 Å². The number of methoxy groups -OCH3 is 1. The molecule has 0 aliphatic carbocycles. The summed E-state index contributed by atoms with van der Waals surface area (Å²) in [5, 5.41) is 3.26. The maximum absolute atomic E-state index is 12.4. The number of halogens is 1. The molecular weight excluding hydrogens is 336 g/mol. The number of anilines is 1. The first-order chi connectivity index (χ1) is 11.2. The lowest BCUT2D eigenvalue weighted by molar-refractivity contribution is -0.145. The van der Waals surface area contributed by atoms with E-state index in [4.69, 9.17) is 21.1 Å². The van der Waals surface area contributed by atoms with E-state index < -0.39 is 23.7 Å². The fourth-order valence-electron chi connectivity index (χ4n) is 2.45. The van der Waals surface area contributed by atoms with E-state index in [1.165, 1.54) is 18.2 Å². The van der Waals surface area contributed by atoms with Crippen LogP contribution >= 0.6 is 11.6 Å². The fourth-order valence-corrected chi connectivity index (χ4v) is 2.59. The predicted molar refractivity (Wildman–Crippen MR) is 87.8 cm³/mol. The lowest BCUT2D eigenvalue weighted by Gasteiger charge is -2.27. The van der Waals surface area contributed by atoms with Gasteiger partial charge in [-0.15, -0.1) is 0 Å². The molecule has 1 aliphatic heterocycles. The zero-order chi connectivity index (χ0) is 17.9. The van der Waals surface area contributed by atoms with Crippen LogP contribution in [0.3, 0.4) is 0 Å². The Hall–Kier alpha value is -2.09. The topological polar surface area (TPSA) is 93.6 Å². The van der Waals surface area contributed by atoms with Crippen LogP contribution < -0.4 is 5.32 Å². The number of hydrogen-bond donors (Lipinski definition) is 1. The number of esters is 1. The van der Waals surface area contributed by atoms with Crippen LogP contribution in [0.15, 0.2) is 12.3 Å². The predicted octanol–water partition coefficient (Wildman–Crippen LogP) is 2.09. The van der Waals surface area contributed by atoms with Gasteiger partial charge in [0, 0.05) is 25.2 Å². The van der Waals surface area contributed by atoms with Gasteiger partial charge in [-0.05, 0) is 38.4 Å². The maximum Gasteiger partial charge on any atom is 0.411 e. The highest BCUT2D eigenvalue weighted by Gasteiger charge is 2.42. The molecule has 1 aromatic heterocycles. The van der Waals surface area contributed by atoms with Crippen LogP contribution in [0.1, 0.15) is 27.2 Å². The van der Waals surface area contributed by atoms with Gasteiger partial charge in [0.2, 0.25) is 5.28 Å². The Balaban J connectivity index is 2.11. The van der Waals surface area contributed by atoms with Crippen LogP contribution in [0.25, 0.3) is 0 Å². The van der Waals surface area contributed by atoms with Crippen molar-refractivity contribution < 1.29 is 19.1 Å². The molecule has 0 bridgehead atoms. The third-order valence-electron chi connectivity index (χ3n) is 3.38. The van der Waals surface area contributed by atoms with E-state index in [-0.39, 0.29) is 17.9 Å². The van der Waals surface area contributed by atoms with Gasteiger partial charge in [0.05, 0.1) is 7.11 Å². The summed E-state index contributed by atoms with van der Waals surface area (Å²) in [6.07, 6.45) is 1.35. The van der Waals surface area contributed by atoms with Gasteiger partial charge in [-0.2, -0.15) is 0 Å². The zero-order valence-electron chi connectivity index (χ0n) is 14.1. The molecule has 8 nitrogen and oxygen atoms in total. The Kier molecular flexibility index (Phi) is 5.48. The largest absolute Gasteiger partial charge is 0.467 e. The second-order valence-corrected chi connectivity index (χ2v) is 6.80. The lowest BCUT2D eigenvalue weighted by Crippen LogP contribution is -2.44. The average molecular weight is 357 g/mol. The van der Waals surface area contributed by atoms with Gasteiger partial charge in [0.1, 0.15) is 17.5 Å². The van der Waals surface area contributed by atoms with Crippen molar-refractivity contribution in [2.45, 2.75) is 44.9 Å². The molecule has 2 unspecified atom stereocenters. The van der Waals surface area contributed by atoms with Crippen LogP contribution in [0.4, 0.5) is 10.6 Å². The number of rotatable bonds is 3. The molecule has 24 heavy (non-hydrogen) atoms. The van der Waals surface area contributed by atoms with E-state index in [9.17, 15) is 9.59 Å². The molecule has 1 amide bonds. The number of ether oxygens (including phenoxy) is 2. The van der Waals surface area contributed by atoms with Crippen molar-refractivity contribution in [2.24, 2.45) is 0 Å². The fraction of sp³-hybridized carbons (Fsp3) is 0.600. The number of likely N-dealkylation sites (tertiary alicyclic amines) is 1. The molecule has 2 heterocycles. The van der Waals surface area contributed by atoms with Crippen LogP contribution in [0.2, 0.25) is 5.28 Å². The normalized spacial score (nSPS) is 20.6.